The molecule has 1 aromatic carbocycles. The highest BCUT2D eigenvalue weighted by molar-refractivity contribution is 7.09. The predicted octanol–water partition coefficient (Wildman–Crippen LogP) is 0.404. The lowest BCUT2D eigenvalue weighted by Gasteiger charge is -2.39. The van der Waals surface area contributed by atoms with Crippen LogP contribution >= 0.6 is 11.3 Å². The van der Waals surface area contributed by atoms with E-state index in [-0.39, 0.29) is 16.8 Å². The predicted molar refractivity (Wildman–Crippen MR) is 103 cm³/mol. The van der Waals surface area contributed by atoms with E-state index in [1.807, 2.05) is 6.92 Å². The second-order valence-electron chi connectivity index (χ2n) is 6.70. The van der Waals surface area contributed by atoms with Crippen molar-refractivity contribution in [3.63, 3.8) is 0 Å². The molecule has 3 heterocycles. The van der Waals surface area contributed by atoms with Crippen molar-refractivity contribution in [3.05, 3.63) is 45.1 Å². The Morgan fingerprint density at radius 2 is 2.00 bits per heavy atom. The van der Waals surface area contributed by atoms with Crippen LogP contribution in [0.5, 0.6) is 5.75 Å². The molecule has 0 saturated carbocycles. The first kappa shape index (κ1) is 20.0. The number of aromatic nitrogens is 1. The van der Waals surface area contributed by atoms with Gasteiger partial charge in [-0.1, -0.05) is 0 Å². The zero-order valence-corrected chi connectivity index (χ0v) is 16.1. The van der Waals surface area contributed by atoms with Crippen LogP contribution in [0.25, 0.3) is 22.2 Å². The molecule has 0 aliphatic carbocycles. The van der Waals surface area contributed by atoms with Crippen molar-refractivity contribution in [2.45, 2.75) is 37.6 Å². The normalized spacial score (nSPS) is 27.3. The molecule has 2 aromatic heterocycles. The number of thiazole rings is 1. The van der Waals surface area contributed by atoms with E-state index in [0.717, 1.165) is 5.01 Å². The van der Waals surface area contributed by atoms with Gasteiger partial charge in [0, 0.05) is 11.4 Å². The van der Waals surface area contributed by atoms with Crippen molar-refractivity contribution in [1.82, 2.24) is 4.98 Å². The summed E-state index contributed by atoms with van der Waals surface area (Å²) >= 11 is 1.43. The SMILES string of the molecule is Cc1nc(-c2coc3cc(O[C@H]4O[C@@H](CO)[C@@H](O)[C@@H](O)[C@H]4O)ccc3c2=O)cs1. The minimum Gasteiger partial charge on any atom is -0.463 e. The van der Waals surface area contributed by atoms with Gasteiger partial charge in [0.1, 0.15) is 42.0 Å². The summed E-state index contributed by atoms with van der Waals surface area (Å²) in [5, 5.41) is 42.0. The monoisotopic (exact) mass is 421 g/mol. The van der Waals surface area contributed by atoms with Crippen LogP contribution in [0.3, 0.4) is 0 Å². The van der Waals surface area contributed by atoms with Gasteiger partial charge < -0.3 is 34.3 Å². The Kier molecular flexibility index (Phi) is 5.38. The number of aliphatic hydroxyl groups is 4. The third-order valence-corrected chi connectivity index (χ3v) is 5.52. The van der Waals surface area contributed by atoms with E-state index < -0.39 is 37.3 Å². The molecule has 5 atom stereocenters. The quantitative estimate of drug-likeness (QED) is 0.471. The molecule has 10 heteroatoms. The highest BCUT2D eigenvalue weighted by atomic mass is 32.1. The lowest BCUT2D eigenvalue weighted by molar-refractivity contribution is -0.277. The average molecular weight is 421 g/mol. The van der Waals surface area contributed by atoms with E-state index in [9.17, 15) is 25.2 Å². The number of rotatable bonds is 4. The molecule has 1 aliphatic heterocycles. The largest absolute Gasteiger partial charge is 0.463 e. The summed E-state index contributed by atoms with van der Waals surface area (Å²) in [7, 11) is 0. The minimum absolute atomic E-state index is 0.210. The summed E-state index contributed by atoms with van der Waals surface area (Å²) in [5.74, 6) is 0.210. The number of benzene rings is 1. The molecule has 9 nitrogen and oxygen atoms in total. The second kappa shape index (κ2) is 7.82. The number of hydrogen-bond acceptors (Lipinski definition) is 10. The molecule has 154 valence electrons. The third-order valence-electron chi connectivity index (χ3n) is 4.74. The smallest absolute Gasteiger partial charge is 0.229 e. The van der Waals surface area contributed by atoms with Crippen molar-refractivity contribution in [3.8, 4) is 17.0 Å². The molecule has 0 bridgehead atoms. The Balaban J connectivity index is 1.62. The van der Waals surface area contributed by atoms with Crippen molar-refractivity contribution in [1.29, 1.82) is 0 Å². The van der Waals surface area contributed by atoms with Gasteiger partial charge in [-0.05, 0) is 19.1 Å². The average Bonchev–Trinajstić information content (AvgIpc) is 3.14. The van der Waals surface area contributed by atoms with Gasteiger partial charge in [0.2, 0.25) is 11.7 Å². The summed E-state index contributed by atoms with van der Waals surface area (Å²) in [6.07, 6.45) is -5.64. The standard InChI is InChI=1S/C19H19NO8S/c1-8-20-12(7-29-8)11-6-26-13-4-9(2-3-10(13)15(11)22)27-19-18(25)17(24)16(23)14(5-21)28-19/h2-4,6-7,14,16-19,21,23-25H,5H2,1H3/t14-,16+,17+,18+,19-/m0/s1. The van der Waals surface area contributed by atoms with Crippen LogP contribution in [0.4, 0.5) is 0 Å². The Morgan fingerprint density at radius 3 is 2.69 bits per heavy atom. The molecular formula is C19H19NO8S. The number of hydrogen-bond donors (Lipinski definition) is 4. The fourth-order valence-corrected chi connectivity index (χ4v) is 3.76. The van der Waals surface area contributed by atoms with Crippen LogP contribution in [0.15, 0.2) is 39.1 Å². The van der Waals surface area contributed by atoms with Gasteiger partial charge in [-0.2, -0.15) is 0 Å². The van der Waals surface area contributed by atoms with Crippen LogP contribution in [0.1, 0.15) is 5.01 Å². The van der Waals surface area contributed by atoms with Gasteiger partial charge in [-0.3, -0.25) is 4.79 Å². The maximum absolute atomic E-state index is 12.8. The van der Waals surface area contributed by atoms with E-state index in [1.54, 1.807) is 5.38 Å². The Bertz CT molecular complexity index is 1080. The molecule has 1 saturated heterocycles. The Hall–Kier alpha value is -2.34. The molecule has 0 radical (unpaired) electrons. The highest BCUT2D eigenvalue weighted by Crippen LogP contribution is 2.27. The molecule has 29 heavy (non-hydrogen) atoms. The molecule has 0 spiro atoms. The fraction of sp³-hybridized carbons (Fsp3) is 0.368. The number of aryl methyl sites for hydroxylation is 1. The topological polar surface area (TPSA) is 142 Å². The van der Waals surface area contributed by atoms with Gasteiger partial charge in [-0.25, -0.2) is 4.98 Å². The van der Waals surface area contributed by atoms with E-state index >= 15 is 0 Å². The van der Waals surface area contributed by atoms with E-state index in [2.05, 4.69) is 4.98 Å². The maximum atomic E-state index is 12.8. The summed E-state index contributed by atoms with van der Waals surface area (Å²) in [6.45, 7) is 1.29. The summed E-state index contributed by atoms with van der Waals surface area (Å²) in [6, 6.07) is 4.47. The summed E-state index contributed by atoms with van der Waals surface area (Å²) < 4.78 is 16.5. The van der Waals surface area contributed by atoms with Gasteiger partial charge >= 0.3 is 0 Å². The number of nitrogens with zero attached hydrogens (tertiary/aromatic N) is 1. The van der Waals surface area contributed by atoms with Crippen molar-refractivity contribution in [2.75, 3.05) is 6.61 Å². The van der Waals surface area contributed by atoms with Gasteiger partial charge in [-0.15, -0.1) is 11.3 Å². The van der Waals surface area contributed by atoms with Crippen LogP contribution in [-0.4, -0.2) is 62.7 Å². The zero-order valence-electron chi connectivity index (χ0n) is 15.3. The number of ether oxygens (including phenoxy) is 2. The van der Waals surface area contributed by atoms with Crippen molar-refractivity contribution in [2.24, 2.45) is 0 Å². The first-order valence-corrected chi connectivity index (χ1v) is 9.72. The first-order chi connectivity index (χ1) is 13.9. The van der Waals surface area contributed by atoms with E-state index in [0.29, 0.717) is 16.6 Å². The molecule has 4 N–H and O–H groups in total. The molecule has 0 amide bonds. The molecule has 1 fully saturated rings. The lowest BCUT2D eigenvalue weighted by Crippen LogP contribution is -2.60. The van der Waals surface area contributed by atoms with Crippen LogP contribution in [0.2, 0.25) is 0 Å². The van der Waals surface area contributed by atoms with Gasteiger partial charge in [0.05, 0.1) is 28.3 Å². The van der Waals surface area contributed by atoms with Crippen LogP contribution in [0, 0.1) is 6.92 Å². The van der Waals surface area contributed by atoms with Crippen molar-refractivity contribution >= 4 is 22.3 Å². The summed E-state index contributed by atoms with van der Waals surface area (Å²) in [4.78, 5) is 17.1. The molecular weight excluding hydrogens is 402 g/mol. The lowest BCUT2D eigenvalue weighted by atomic mass is 9.99. The van der Waals surface area contributed by atoms with Gasteiger partial charge in [0.15, 0.2) is 0 Å². The third kappa shape index (κ3) is 3.66. The summed E-state index contributed by atoms with van der Waals surface area (Å²) in [5.41, 5.74) is 0.915. The fourth-order valence-electron chi connectivity index (χ4n) is 3.14. The highest BCUT2D eigenvalue weighted by Gasteiger charge is 2.44. The first-order valence-electron chi connectivity index (χ1n) is 8.84. The number of fused-ring (bicyclic) bond motifs is 1. The number of aliphatic hydroxyl groups excluding tert-OH is 4. The van der Waals surface area contributed by atoms with Crippen molar-refractivity contribution < 1.29 is 34.3 Å². The maximum Gasteiger partial charge on any atom is 0.229 e. The zero-order chi connectivity index (χ0) is 20.7. The molecule has 1 aliphatic rings. The van der Waals surface area contributed by atoms with E-state index in [4.69, 9.17) is 13.9 Å². The molecule has 4 rings (SSSR count). The Morgan fingerprint density at radius 1 is 1.21 bits per heavy atom. The van der Waals surface area contributed by atoms with Gasteiger partial charge in [0.25, 0.3) is 0 Å². The second-order valence-corrected chi connectivity index (χ2v) is 7.77. The molecule has 3 aromatic rings. The van der Waals surface area contributed by atoms with Crippen LogP contribution in [-0.2, 0) is 4.74 Å². The van der Waals surface area contributed by atoms with Crippen LogP contribution < -0.4 is 10.2 Å². The Labute approximate surface area is 168 Å². The molecule has 0 unspecified atom stereocenters. The van der Waals surface area contributed by atoms with E-state index in [1.165, 1.54) is 35.8 Å². The minimum atomic E-state index is -1.55.